The van der Waals surface area contributed by atoms with Gasteiger partial charge < -0.3 is 9.73 Å². The number of furan rings is 1. The van der Waals surface area contributed by atoms with E-state index in [1.54, 1.807) is 6.26 Å². The lowest BCUT2D eigenvalue weighted by Gasteiger charge is -2.07. The summed E-state index contributed by atoms with van der Waals surface area (Å²) in [4.78, 5) is 0. The minimum Gasteiger partial charge on any atom is -0.464 e. The van der Waals surface area contributed by atoms with Crippen LogP contribution in [0.5, 0.6) is 0 Å². The van der Waals surface area contributed by atoms with Crippen molar-refractivity contribution < 1.29 is 4.42 Å². The molecule has 1 aliphatic rings. The minimum atomic E-state index is 0.814. The van der Waals surface area contributed by atoms with E-state index in [-0.39, 0.29) is 0 Å². The Hall–Kier alpha value is -1.28. The van der Waals surface area contributed by atoms with E-state index >= 15 is 0 Å². The Kier molecular flexibility index (Phi) is 2.22. The van der Waals surface area contributed by atoms with Crippen LogP contribution in [-0.4, -0.2) is 13.1 Å². The number of fused-ring (bicyclic) bond motifs is 1. The van der Waals surface area contributed by atoms with Crippen molar-refractivity contribution >= 4 is 11.0 Å². The number of benzene rings is 1. The van der Waals surface area contributed by atoms with E-state index in [2.05, 4.69) is 23.5 Å². The minimum absolute atomic E-state index is 0.814. The number of rotatable bonds is 2. The van der Waals surface area contributed by atoms with Gasteiger partial charge in [-0.15, -0.1) is 0 Å². The predicted octanol–water partition coefficient (Wildman–Crippen LogP) is 2.58. The average Bonchev–Trinajstić information content (AvgIpc) is 2.87. The zero-order valence-electron chi connectivity index (χ0n) is 8.70. The van der Waals surface area contributed by atoms with Gasteiger partial charge >= 0.3 is 0 Å². The van der Waals surface area contributed by atoms with Crippen LogP contribution >= 0.6 is 0 Å². The van der Waals surface area contributed by atoms with E-state index in [1.807, 2.05) is 6.07 Å². The quantitative estimate of drug-likeness (QED) is 0.808. The first-order valence-electron chi connectivity index (χ1n) is 5.59. The van der Waals surface area contributed by atoms with Gasteiger partial charge in [0.2, 0.25) is 0 Å². The maximum Gasteiger partial charge on any atom is 0.133 e. The van der Waals surface area contributed by atoms with Crippen LogP contribution in [0, 0.1) is 5.92 Å². The molecule has 2 aromatic rings. The molecule has 1 aliphatic heterocycles. The third kappa shape index (κ3) is 1.77. The van der Waals surface area contributed by atoms with Gasteiger partial charge in [0.25, 0.3) is 0 Å². The van der Waals surface area contributed by atoms with Crippen LogP contribution in [0.3, 0.4) is 0 Å². The van der Waals surface area contributed by atoms with Gasteiger partial charge in [-0.3, -0.25) is 0 Å². The first kappa shape index (κ1) is 8.98. The summed E-state index contributed by atoms with van der Waals surface area (Å²) in [6.07, 6.45) is 4.25. The van der Waals surface area contributed by atoms with Gasteiger partial charge in [-0.2, -0.15) is 0 Å². The first-order chi connectivity index (χ1) is 7.42. The molecule has 0 amide bonds. The van der Waals surface area contributed by atoms with Crippen molar-refractivity contribution in [1.82, 2.24) is 5.32 Å². The van der Waals surface area contributed by atoms with Gasteiger partial charge in [-0.25, -0.2) is 0 Å². The lowest BCUT2D eigenvalue weighted by molar-refractivity contribution is 0.580. The fourth-order valence-corrected chi connectivity index (χ4v) is 2.37. The highest BCUT2D eigenvalue weighted by Gasteiger charge is 2.14. The summed E-state index contributed by atoms with van der Waals surface area (Å²) in [7, 11) is 0. The van der Waals surface area contributed by atoms with Crippen LogP contribution in [0.25, 0.3) is 11.0 Å². The van der Waals surface area contributed by atoms with Crippen LogP contribution in [0.2, 0.25) is 0 Å². The number of nitrogens with one attached hydrogen (secondary N) is 1. The largest absolute Gasteiger partial charge is 0.464 e. The van der Waals surface area contributed by atoms with E-state index in [9.17, 15) is 0 Å². The summed E-state index contributed by atoms with van der Waals surface area (Å²) >= 11 is 0. The zero-order chi connectivity index (χ0) is 10.1. The summed E-state index contributed by atoms with van der Waals surface area (Å²) in [5.74, 6) is 0.814. The van der Waals surface area contributed by atoms with Crippen LogP contribution in [-0.2, 0) is 6.42 Å². The summed E-state index contributed by atoms with van der Waals surface area (Å²) in [5.41, 5.74) is 2.42. The van der Waals surface area contributed by atoms with E-state index in [0.29, 0.717) is 0 Å². The van der Waals surface area contributed by atoms with Crippen molar-refractivity contribution in [2.45, 2.75) is 12.8 Å². The van der Waals surface area contributed by atoms with Crippen molar-refractivity contribution in [3.8, 4) is 0 Å². The zero-order valence-corrected chi connectivity index (χ0v) is 8.70. The van der Waals surface area contributed by atoms with Crippen molar-refractivity contribution in [1.29, 1.82) is 0 Å². The highest BCUT2D eigenvalue weighted by atomic mass is 16.3. The molecule has 1 fully saturated rings. The van der Waals surface area contributed by atoms with Crippen LogP contribution < -0.4 is 5.32 Å². The molecular formula is C13H15NO. The maximum atomic E-state index is 5.33. The molecule has 2 nitrogen and oxygen atoms in total. The second-order valence-corrected chi connectivity index (χ2v) is 4.36. The first-order valence-corrected chi connectivity index (χ1v) is 5.59. The molecule has 1 unspecified atom stereocenters. The van der Waals surface area contributed by atoms with Gasteiger partial charge in [-0.1, -0.05) is 6.07 Å². The molecule has 1 saturated heterocycles. The van der Waals surface area contributed by atoms with Crippen LogP contribution in [0.15, 0.2) is 34.9 Å². The van der Waals surface area contributed by atoms with E-state index in [1.165, 1.54) is 36.9 Å². The third-order valence-corrected chi connectivity index (χ3v) is 3.20. The number of hydrogen-bond donors (Lipinski definition) is 1. The molecule has 3 rings (SSSR count). The molecule has 0 radical (unpaired) electrons. The summed E-state index contributed by atoms with van der Waals surface area (Å²) in [5, 5.41) is 4.63. The van der Waals surface area contributed by atoms with E-state index in [4.69, 9.17) is 4.42 Å². The fraction of sp³-hybridized carbons (Fsp3) is 0.385. The smallest absolute Gasteiger partial charge is 0.133 e. The Labute approximate surface area is 89.3 Å². The van der Waals surface area contributed by atoms with Crippen LogP contribution in [0.4, 0.5) is 0 Å². The standard InChI is InChI=1S/C13H15NO/c1-2-13-12(4-6-15-13)8-10(1)7-11-3-5-14-9-11/h1-2,4,6,8,11,14H,3,5,7,9H2. The Bertz CT molecular complexity index is 454. The summed E-state index contributed by atoms with van der Waals surface area (Å²) in [6, 6.07) is 8.54. The van der Waals surface area contributed by atoms with Gasteiger partial charge in [-0.05, 0) is 55.6 Å². The van der Waals surface area contributed by atoms with Gasteiger partial charge in [0.05, 0.1) is 6.26 Å². The van der Waals surface area contributed by atoms with Crippen molar-refractivity contribution in [2.75, 3.05) is 13.1 Å². The summed E-state index contributed by atoms with van der Waals surface area (Å²) < 4.78 is 5.33. The molecule has 0 bridgehead atoms. The van der Waals surface area contributed by atoms with Gasteiger partial charge in [0, 0.05) is 5.39 Å². The lowest BCUT2D eigenvalue weighted by Crippen LogP contribution is -2.10. The normalized spacial score (nSPS) is 21.2. The molecular weight excluding hydrogens is 186 g/mol. The average molecular weight is 201 g/mol. The molecule has 2 heterocycles. The molecule has 2 heteroatoms. The molecule has 1 aromatic heterocycles. The Morgan fingerprint density at radius 3 is 3.20 bits per heavy atom. The second-order valence-electron chi connectivity index (χ2n) is 4.36. The Morgan fingerprint density at radius 2 is 2.33 bits per heavy atom. The van der Waals surface area contributed by atoms with E-state index < -0.39 is 0 Å². The molecule has 78 valence electrons. The highest BCUT2D eigenvalue weighted by Crippen LogP contribution is 2.20. The number of hydrogen-bond acceptors (Lipinski definition) is 2. The monoisotopic (exact) mass is 201 g/mol. The molecule has 1 aromatic carbocycles. The van der Waals surface area contributed by atoms with Crippen molar-refractivity contribution in [2.24, 2.45) is 5.92 Å². The van der Waals surface area contributed by atoms with Crippen molar-refractivity contribution in [3.05, 3.63) is 36.1 Å². The second kappa shape index (κ2) is 3.70. The predicted molar refractivity (Wildman–Crippen MR) is 60.9 cm³/mol. The fourth-order valence-electron chi connectivity index (χ4n) is 2.37. The van der Waals surface area contributed by atoms with Gasteiger partial charge in [0.1, 0.15) is 5.58 Å². The topological polar surface area (TPSA) is 25.2 Å². The lowest BCUT2D eigenvalue weighted by atomic mass is 9.98. The molecule has 1 atom stereocenters. The molecule has 1 N–H and O–H groups in total. The third-order valence-electron chi connectivity index (χ3n) is 3.20. The SMILES string of the molecule is c1cc2cc(CC3CCNC3)ccc2o1. The molecule has 0 saturated carbocycles. The van der Waals surface area contributed by atoms with E-state index in [0.717, 1.165) is 11.5 Å². The van der Waals surface area contributed by atoms with Gasteiger partial charge in [0.15, 0.2) is 0 Å². The Balaban J connectivity index is 1.84. The molecule has 0 aliphatic carbocycles. The highest BCUT2D eigenvalue weighted by molar-refractivity contribution is 5.77. The van der Waals surface area contributed by atoms with Crippen molar-refractivity contribution in [3.63, 3.8) is 0 Å². The maximum absolute atomic E-state index is 5.33. The summed E-state index contributed by atoms with van der Waals surface area (Å²) in [6.45, 7) is 2.35. The van der Waals surface area contributed by atoms with Crippen LogP contribution in [0.1, 0.15) is 12.0 Å². The Morgan fingerprint density at radius 1 is 1.33 bits per heavy atom. The molecule has 0 spiro atoms. The molecule has 15 heavy (non-hydrogen) atoms.